The molecule has 1 aromatic rings. The Balaban J connectivity index is 2.12. The highest BCUT2D eigenvalue weighted by molar-refractivity contribution is 5.98. The molecule has 96 valence electrons. The molecule has 0 saturated carbocycles. The molecule has 0 bridgehead atoms. The Bertz CT molecular complexity index is 500. The van der Waals surface area contributed by atoms with Crippen LogP contribution < -0.4 is 10.5 Å². The molecule has 0 radical (unpaired) electrons. The van der Waals surface area contributed by atoms with Gasteiger partial charge in [0.15, 0.2) is 0 Å². The zero-order valence-electron chi connectivity index (χ0n) is 10.1. The van der Waals surface area contributed by atoms with Crippen molar-refractivity contribution in [3.8, 4) is 5.75 Å². The van der Waals surface area contributed by atoms with Crippen LogP contribution in [-0.4, -0.2) is 32.4 Å². The first kappa shape index (κ1) is 11.3. The zero-order chi connectivity index (χ0) is 12.7. The second-order valence-corrected chi connectivity index (χ2v) is 4.56. The Labute approximate surface area is 105 Å². The molecule has 2 aliphatic rings. The van der Waals surface area contributed by atoms with Crippen LogP contribution in [0, 0.1) is 0 Å². The Hall–Kier alpha value is -1.75. The summed E-state index contributed by atoms with van der Waals surface area (Å²) in [5.41, 5.74) is 7.57. The average molecular weight is 249 g/mol. The quantitative estimate of drug-likeness (QED) is 0.600. The highest BCUT2D eigenvalue weighted by Gasteiger charge is 2.38. The number of hydrogen-bond donors (Lipinski definition) is 1. The van der Waals surface area contributed by atoms with Crippen LogP contribution in [0.3, 0.4) is 0 Å². The summed E-state index contributed by atoms with van der Waals surface area (Å²) in [6.45, 7) is 1.20. The predicted molar refractivity (Wildman–Crippen MR) is 64.8 cm³/mol. The van der Waals surface area contributed by atoms with E-state index in [1.54, 1.807) is 6.07 Å². The fourth-order valence-electron chi connectivity index (χ4n) is 2.71. The molecule has 2 N–H and O–H groups in total. The van der Waals surface area contributed by atoms with Crippen molar-refractivity contribution in [2.24, 2.45) is 0 Å². The molecule has 1 saturated heterocycles. The van der Waals surface area contributed by atoms with Crippen molar-refractivity contribution in [1.82, 2.24) is 0 Å². The largest absolute Gasteiger partial charge is 0.490 e. The van der Waals surface area contributed by atoms with Gasteiger partial charge in [0, 0.05) is 23.8 Å². The molecule has 1 aromatic carbocycles. The molecule has 0 aromatic heterocycles. The highest BCUT2D eigenvalue weighted by atomic mass is 16.5. The summed E-state index contributed by atoms with van der Waals surface area (Å²) in [6.07, 6.45) is 1.04. The smallest absolute Gasteiger partial charge is 0.343 e. The van der Waals surface area contributed by atoms with Gasteiger partial charge in [0.25, 0.3) is 0 Å². The second-order valence-electron chi connectivity index (χ2n) is 4.56. The molecule has 2 atom stereocenters. The Morgan fingerprint density at radius 3 is 3.11 bits per heavy atom. The van der Waals surface area contributed by atoms with E-state index in [1.165, 1.54) is 7.11 Å². The molecule has 2 heterocycles. The number of rotatable bonds is 1. The molecule has 0 amide bonds. The summed E-state index contributed by atoms with van der Waals surface area (Å²) < 4.78 is 16.0. The number of fused-ring (bicyclic) bond motifs is 3. The van der Waals surface area contributed by atoms with Crippen molar-refractivity contribution in [2.45, 2.75) is 18.4 Å². The van der Waals surface area contributed by atoms with Gasteiger partial charge in [-0.1, -0.05) is 6.07 Å². The lowest BCUT2D eigenvalue weighted by molar-refractivity contribution is 0.0469. The average Bonchev–Trinajstić information content (AvgIpc) is 2.86. The number of methoxy groups -OCH3 is 1. The summed E-state index contributed by atoms with van der Waals surface area (Å²) in [4.78, 5) is 11.8. The van der Waals surface area contributed by atoms with Crippen LogP contribution in [0.15, 0.2) is 12.1 Å². The SMILES string of the molecule is COC(=O)c1c(N)ccc2c1OC[C@H]1OCCC21. The molecule has 18 heavy (non-hydrogen) atoms. The fraction of sp³-hybridized carbons (Fsp3) is 0.462. The van der Waals surface area contributed by atoms with Gasteiger partial charge in [0.05, 0.1) is 13.2 Å². The number of nitrogen functional groups attached to an aromatic ring is 1. The number of nitrogens with two attached hydrogens (primary N) is 1. The van der Waals surface area contributed by atoms with Gasteiger partial charge in [-0.2, -0.15) is 0 Å². The van der Waals surface area contributed by atoms with Gasteiger partial charge in [-0.15, -0.1) is 0 Å². The van der Waals surface area contributed by atoms with Crippen molar-refractivity contribution in [3.63, 3.8) is 0 Å². The van der Waals surface area contributed by atoms with Gasteiger partial charge >= 0.3 is 5.97 Å². The monoisotopic (exact) mass is 249 g/mol. The van der Waals surface area contributed by atoms with E-state index >= 15 is 0 Å². The number of carbonyl (C=O) groups excluding carboxylic acids is 1. The molecule has 5 heteroatoms. The van der Waals surface area contributed by atoms with Crippen molar-refractivity contribution < 1.29 is 19.0 Å². The van der Waals surface area contributed by atoms with Crippen LogP contribution in [-0.2, 0) is 9.47 Å². The Morgan fingerprint density at radius 1 is 1.50 bits per heavy atom. The van der Waals surface area contributed by atoms with Crippen LogP contribution in [0.1, 0.15) is 28.3 Å². The van der Waals surface area contributed by atoms with E-state index in [9.17, 15) is 4.79 Å². The van der Waals surface area contributed by atoms with Gasteiger partial charge in [0.2, 0.25) is 0 Å². The third-order valence-corrected chi connectivity index (χ3v) is 3.61. The van der Waals surface area contributed by atoms with Gasteiger partial charge in [-0.25, -0.2) is 4.79 Å². The maximum atomic E-state index is 11.8. The summed E-state index contributed by atoms with van der Waals surface area (Å²) in [5, 5.41) is 0. The topological polar surface area (TPSA) is 70.8 Å². The molecule has 0 aliphatic carbocycles. The van der Waals surface area contributed by atoms with Crippen molar-refractivity contribution >= 4 is 11.7 Å². The molecule has 5 nitrogen and oxygen atoms in total. The maximum Gasteiger partial charge on any atom is 0.343 e. The maximum absolute atomic E-state index is 11.8. The zero-order valence-corrected chi connectivity index (χ0v) is 10.1. The third-order valence-electron chi connectivity index (χ3n) is 3.61. The van der Waals surface area contributed by atoms with Gasteiger partial charge in [0.1, 0.15) is 17.9 Å². The van der Waals surface area contributed by atoms with Crippen molar-refractivity contribution in [1.29, 1.82) is 0 Å². The van der Waals surface area contributed by atoms with Gasteiger partial charge in [-0.05, 0) is 12.5 Å². The normalized spacial score (nSPS) is 24.9. The van der Waals surface area contributed by atoms with Crippen LogP contribution in [0.5, 0.6) is 5.75 Å². The predicted octanol–water partition coefficient (Wildman–Crippen LogP) is 1.32. The van der Waals surface area contributed by atoms with E-state index in [0.29, 0.717) is 23.6 Å². The lowest BCUT2D eigenvalue weighted by Gasteiger charge is -2.29. The summed E-state index contributed by atoms with van der Waals surface area (Å²) in [5.74, 6) is 0.396. The highest BCUT2D eigenvalue weighted by Crippen LogP contribution is 2.43. The van der Waals surface area contributed by atoms with Crippen molar-refractivity contribution in [3.05, 3.63) is 23.3 Å². The second kappa shape index (κ2) is 4.17. The first-order chi connectivity index (χ1) is 8.72. The number of benzene rings is 1. The molecular weight excluding hydrogens is 234 g/mol. The van der Waals surface area contributed by atoms with E-state index < -0.39 is 5.97 Å². The van der Waals surface area contributed by atoms with Crippen molar-refractivity contribution in [2.75, 3.05) is 26.1 Å². The first-order valence-electron chi connectivity index (χ1n) is 5.97. The van der Waals surface area contributed by atoms with Gasteiger partial charge in [-0.3, -0.25) is 0 Å². The third kappa shape index (κ3) is 1.54. The number of carbonyl (C=O) groups is 1. The number of esters is 1. The molecule has 1 unspecified atom stereocenters. The van der Waals surface area contributed by atoms with E-state index in [-0.39, 0.29) is 12.0 Å². The van der Waals surface area contributed by atoms with Crippen LogP contribution in [0.4, 0.5) is 5.69 Å². The Morgan fingerprint density at radius 2 is 2.33 bits per heavy atom. The Kier molecular flexibility index (Phi) is 2.63. The fourth-order valence-corrected chi connectivity index (χ4v) is 2.71. The molecular formula is C13H15NO4. The minimum Gasteiger partial charge on any atom is -0.490 e. The lowest BCUT2D eigenvalue weighted by atomic mass is 9.88. The summed E-state index contributed by atoms with van der Waals surface area (Å²) in [7, 11) is 1.34. The molecule has 2 aliphatic heterocycles. The van der Waals surface area contributed by atoms with E-state index in [1.807, 2.05) is 6.07 Å². The standard InChI is InChI=1S/C13H15NO4/c1-16-13(15)11-9(14)3-2-8-7-4-5-17-10(7)6-18-12(8)11/h2-3,7,10H,4-6,14H2,1H3/t7?,10-/m1/s1. The number of ether oxygens (including phenoxy) is 3. The summed E-state index contributed by atoms with van der Waals surface area (Å²) >= 11 is 0. The molecule has 1 fully saturated rings. The lowest BCUT2D eigenvalue weighted by Crippen LogP contribution is -2.29. The van der Waals surface area contributed by atoms with E-state index in [0.717, 1.165) is 18.6 Å². The first-order valence-corrected chi connectivity index (χ1v) is 5.97. The number of anilines is 1. The van der Waals surface area contributed by atoms with Crippen LogP contribution >= 0.6 is 0 Å². The minimum atomic E-state index is -0.457. The molecule has 3 rings (SSSR count). The summed E-state index contributed by atoms with van der Waals surface area (Å²) in [6, 6.07) is 3.65. The van der Waals surface area contributed by atoms with E-state index in [2.05, 4.69) is 0 Å². The number of hydrogen-bond acceptors (Lipinski definition) is 5. The minimum absolute atomic E-state index is 0.0895. The van der Waals surface area contributed by atoms with Gasteiger partial charge < -0.3 is 19.9 Å². The van der Waals surface area contributed by atoms with Crippen LogP contribution in [0.2, 0.25) is 0 Å². The van der Waals surface area contributed by atoms with E-state index in [4.69, 9.17) is 19.9 Å². The van der Waals surface area contributed by atoms with Crippen LogP contribution in [0.25, 0.3) is 0 Å². The molecule has 0 spiro atoms.